The highest BCUT2D eigenvalue weighted by Crippen LogP contribution is 1.97. The molecule has 13 heavy (non-hydrogen) atoms. The van der Waals surface area contributed by atoms with Crippen molar-refractivity contribution in [3.05, 3.63) is 0 Å². The second kappa shape index (κ2) is 5.98. The molecular weight excluding hydrogens is 162 g/mol. The highest BCUT2D eigenvalue weighted by atomic mass is 15.2. The summed E-state index contributed by atoms with van der Waals surface area (Å²) in [5, 5.41) is 3.20. The number of terminal acetylenes is 1. The first-order valence-corrected chi connectivity index (χ1v) is 4.88. The molecule has 0 unspecified atom stereocenters. The fourth-order valence-corrected chi connectivity index (χ4v) is 1.47. The van der Waals surface area contributed by atoms with E-state index >= 15 is 0 Å². The number of likely N-dealkylation sites (N-methyl/N-ethyl adjacent to an activating group) is 1. The minimum atomic E-state index is 0.688. The number of piperazine rings is 1. The smallest absolute Gasteiger partial charge is 0.0574 e. The molecule has 0 aromatic heterocycles. The van der Waals surface area contributed by atoms with Crippen LogP contribution in [0.15, 0.2) is 0 Å². The Morgan fingerprint density at radius 3 is 2.62 bits per heavy atom. The fraction of sp³-hybridized carbons (Fsp3) is 0.800. The predicted molar refractivity (Wildman–Crippen MR) is 55.6 cm³/mol. The Bertz CT molecular complexity index is 165. The molecule has 0 atom stereocenters. The van der Waals surface area contributed by atoms with E-state index in [0.717, 1.165) is 13.1 Å². The van der Waals surface area contributed by atoms with Crippen molar-refractivity contribution in [1.29, 1.82) is 0 Å². The molecule has 1 heterocycles. The topological polar surface area (TPSA) is 18.5 Å². The van der Waals surface area contributed by atoms with Gasteiger partial charge in [-0.15, -0.1) is 6.42 Å². The first kappa shape index (κ1) is 10.5. The molecule has 3 nitrogen and oxygen atoms in total. The lowest BCUT2D eigenvalue weighted by atomic mass is 10.3. The maximum absolute atomic E-state index is 5.13. The number of hydrogen-bond donors (Lipinski definition) is 1. The van der Waals surface area contributed by atoms with E-state index in [2.05, 4.69) is 28.1 Å². The van der Waals surface area contributed by atoms with Crippen LogP contribution < -0.4 is 5.32 Å². The zero-order chi connectivity index (χ0) is 9.52. The molecule has 0 saturated carbocycles. The van der Waals surface area contributed by atoms with Gasteiger partial charge in [-0.05, 0) is 7.05 Å². The summed E-state index contributed by atoms with van der Waals surface area (Å²) in [5.41, 5.74) is 0. The summed E-state index contributed by atoms with van der Waals surface area (Å²) >= 11 is 0. The molecule has 0 aromatic carbocycles. The lowest BCUT2D eigenvalue weighted by Crippen LogP contribution is -2.46. The van der Waals surface area contributed by atoms with Crippen LogP contribution in [0.25, 0.3) is 0 Å². The van der Waals surface area contributed by atoms with E-state index in [1.165, 1.54) is 26.2 Å². The maximum Gasteiger partial charge on any atom is 0.0574 e. The van der Waals surface area contributed by atoms with Gasteiger partial charge in [0, 0.05) is 39.3 Å². The quantitative estimate of drug-likeness (QED) is 0.464. The average molecular weight is 181 g/mol. The molecule has 74 valence electrons. The maximum atomic E-state index is 5.13. The molecule has 0 aromatic rings. The van der Waals surface area contributed by atoms with Crippen molar-refractivity contribution in [3.8, 4) is 12.3 Å². The monoisotopic (exact) mass is 181 g/mol. The van der Waals surface area contributed by atoms with E-state index in [9.17, 15) is 0 Å². The van der Waals surface area contributed by atoms with E-state index in [0.29, 0.717) is 6.54 Å². The van der Waals surface area contributed by atoms with E-state index in [1.54, 1.807) is 0 Å². The molecule has 0 amide bonds. The summed E-state index contributed by atoms with van der Waals surface area (Å²) in [6, 6.07) is 0. The van der Waals surface area contributed by atoms with Gasteiger partial charge in [0.1, 0.15) is 0 Å². The second-order valence-electron chi connectivity index (χ2n) is 3.53. The second-order valence-corrected chi connectivity index (χ2v) is 3.53. The molecule has 1 aliphatic heterocycles. The van der Waals surface area contributed by atoms with Crippen LogP contribution in [0.3, 0.4) is 0 Å². The third-order valence-electron chi connectivity index (χ3n) is 2.43. The van der Waals surface area contributed by atoms with Crippen LogP contribution in [0.1, 0.15) is 0 Å². The van der Waals surface area contributed by atoms with Crippen LogP contribution in [0, 0.1) is 12.3 Å². The molecule has 1 fully saturated rings. The van der Waals surface area contributed by atoms with E-state index in [4.69, 9.17) is 6.42 Å². The number of hydrogen-bond acceptors (Lipinski definition) is 3. The Kier molecular flexibility index (Phi) is 4.84. The first-order valence-electron chi connectivity index (χ1n) is 4.88. The van der Waals surface area contributed by atoms with Crippen molar-refractivity contribution in [2.24, 2.45) is 0 Å². The SMILES string of the molecule is C#CCNCCN1CCN(C)CC1. The van der Waals surface area contributed by atoms with Crippen LogP contribution in [0.2, 0.25) is 0 Å². The van der Waals surface area contributed by atoms with Crippen molar-refractivity contribution in [2.45, 2.75) is 0 Å². The zero-order valence-electron chi connectivity index (χ0n) is 8.42. The number of rotatable bonds is 4. The van der Waals surface area contributed by atoms with Gasteiger partial charge < -0.3 is 10.2 Å². The number of nitrogens with zero attached hydrogens (tertiary/aromatic N) is 2. The van der Waals surface area contributed by atoms with Crippen LogP contribution >= 0.6 is 0 Å². The first-order chi connectivity index (χ1) is 6.33. The van der Waals surface area contributed by atoms with Gasteiger partial charge in [-0.1, -0.05) is 5.92 Å². The Morgan fingerprint density at radius 2 is 2.00 bits per heavy atom. The van der Waals surface area contributed by atoms with Gasteiger partial charge in [0.25, 0.3) is 0 Å². The molecule has 3 heteroatoms. The Morgan fingerprint density at radius 1 is 1.31 bits per heavy atom. The van der Waals surface area contributed by atoms with Crippen molar-refractivity contribution in [3.63, 3.8) is 0 Å². The van der Waals surface area contributed by atoms with Crippen molar-refractivity contribution in [1.82, 2.24) is 15.1 Å². The van der Waals surface area contributed by atoms with Crippen LogP contribution in [0.5, 0.6) is 0 Å². The highest BCUT2D eigenvalue weighted by molar-refractivity contribution is 4.86. The minimum Gasteiger partial charge on any atom is -0.305 e. The average Bonchev–Trinajstić information content (AvgIpc) is 2.15. The summed E-state index contributed by atoms with van der Waals surface area (Å²) in [6.07, 6.45) is 5.13. The molecule has 0 radical (unpaired) electrons. The third-order valence-corrected chi connectivity index (χ3v) is 2.43. The zero-order valence-corrected chi connectivity index (χ0v) is 8.42. The van der Waals surface area contributed by atoms with Gasteiger partial charge in [0.05, 0.1) is 6.54 Å². The Balaban J connectivity index is 2.00. The molecule has 0 aliphatic carbocycles. The van der Waals surface area contributed by atoms with Crippen LogP contribution in [0.4, 0.5) is 0 Å². The summed E-state index contributed by atoms with van der Waals surface area (Å²) in [7, 11) is 2.17. The van der Waals surface area contributed by atoms with Gasteiger partial charge in [-0.2, -0.15) is 0 Å². The predicted octanol–water partition coefficient (Wildman–Crippen LogP) is -0.543. The normalized spacial score (nSPS) is 20.0. The Labute approximate surface area is 81.1 Å². The summed E-state index contributed by atoms with van der Waals surface area (Å²) < 4.78 is 0. The van der Waals surface area contributed by atoms with Crippen LogP contribution in [-0.4, -0.2) is 62.7 Å². The lowest BCUT2D eigenvalue weighted by molar-refractivity contribution is 0.155. The molecule has 0 bridgehead atoms. The molecule has 1 aliphatic rings. The van der Waals surface area contributed by atoms with E-state index < -0.39 is 0 Å². The van der Waals surface area contributed by atoms with Gasteiger partial charge in [-0.25, -0.2) is 0 Å². The molecule has 1 saturated heterocycles. The number of nitrogens with one attached hydrogen (secondary N) is 1. The minimum absolute atomic E-state index is 0.688. The summed E-state index contributed by atoms with van der Waals surface area (Å²) in [5.74, 6) is 2.57. The van der Waals surface area contributed by atoms with Crippen molar-refractivity contribution in [2.75, 3.05) is 52.9 Å². The van der Waals surface area contributed by atoms with Gasteiger partial charge in [0.15, 0.2) is 0 Å². The highest BCUT2D eigenvalue weighted by Gasteiger charge is 2.12. The van der Waals surface area contributed by atoms with Gasteiger partial charge >= 0.3 is 0 Å². The molecule has 1 rings (SSSR count). The van der Waals surface area contributed by atoms with Crippen molar-refractivity contribution >= 4 is 0 Å². The Hall–Kier alpha value is -0.560. The van der Waals surface area contributed by atoms with E-state index in [-0.39, 0.29) is 0 Å². The van der Waals surface area contributed by atoms with Gasteiger partial charge in [0.2, 0.25) is 0 Å². The van der Waals surface area contributed by atoms with Gasteiger partial charge in [-0.3, -0.25) is 4.90 Å². The fourth-order valence-electron chi connectivity index (χ4n) is 1.47. The third kappa shape index (κ3) is 4.28. The molecular formula is C10H19N3. The molecule has 0 spiro atoms. The van der Waals surface area contributed by atoms with E-state index in [1.807, 2.05) is 0 Å². The standard InChI is InChI=1S/C10H19N3/c1-3-4-11-5-6-13-9-7-12(2)8-10-13/h1,11H,4-10H2,2H3. The van der Waals surface area contributed by atoms with Crippen molar-refractivity contribution < 1.29 is 0 Å². The summed E-state index contributed by atoms with van der Waals surface area (Å²) in [6.45, 7) is 7.57. The molecule has 1 N–H and O–H groups in total. The van der Waals surface area contributed by atoms with Crippen LogP contribution in [-0.2, 0) is 0 Å². The lowest BCUT2D eigenvalue weighted by Gasteiger charge is -2.32. The largest absolute Gasteiger partial charge is 0.305 e. The summed E-state index contributed by atoms with van der Waals surface area (Å²) in [4.78, 5) is 4.84.